The van der Waals surface area contributed by atoms with Crippen LogP contribution in [0.2, 0.25) is 0 Å². The fourth-order valence-corrected chi connectivity index (χ4v) is 3.40. The van der Waals surface area contributed by atoms with Crippen molar-refractivity contribution in [3.8, 4) is 11.5 Å². The first kappa shape index (κ1) is 23.0. The summed E-state index contributed by atoms with van der Waals surface area (Å²) in [4.78, 5) is 21.3. The van der Waals surface area contributed by atoms with E-state index < -0.39 is 0 Å². The second-order valence-corrected chi connectivity index (χ2v) is 7.59. The third-order valence-electron chi connectivity index (χ3n) is 5.14. The number of rotatable bonds is 12. The van der Waals surface area contributed by atoms with Crippen LogP contribution in [0.25, 0.3) is 0 Å². The Morgan fingerprint density at radius 1 is 1.06 bits per heavy atom. The van der Waals surface area contributed by atoms with Crippen LogP contribution in [0.15, 0.2) is 48.8 Å². The molecule has 1 aliphatic heterocycles. The molecule has 1 fully saturated rings. The Hall–Kier alpha value is -2.64. The van der Waals surface area contributed by atoms with Crippen molar-refractivity contribution in [2.75, 3.05) is 52.6 Å². The molecule has 1 saturated heterocycles. The van der Waals surface area contributed by atoms with Gasteiger partial charge in [0.05, 0.1) is 19.8 Å². The second-order valence-electron chi connectivity index (χ2n) is 7.59. The number of hydrogen-bond donors (Lipinski definition) is 0. The number of hydrogen-bond acceptors (Lipinski definition) is 6. The molecule has 0 unspecified atom stereocenters. The van der Waals surface area contributed by atoms with Gasteiger partial charge in [-0.2, -0.15) is 0 Å². The van der Waals surface area contributed by atoms with Crippen molar-refractivity contribution in [2.24, 2.45) is 0 Å². The molecule has 168 valence electrons. The van der Waals surface area contributed by atoms with Crippen LogP contribution in [-0.4, -0.2) is 73.3 Å². The number of nitrogens with zero attached hydrogens (tertiary/aromatic N) is 3. The number of aromatic nitrogens is 1. The molecule has 0 N–H and O–H groups in total. The normalized spacial score (nSPS) is 14.2. The maximum atomic E-state index is 12.9. The highest BCUT2D eigenvalue weighted by Gasteiger charge is 2.16. The van der Waals surface area contributed by atoms with Crippen LogP contribution >= 0.6 is 0 Å². The summed E-state index contributed by atoms with van der Waals surface area (Å²) in [5, 5.41) is 0. The molecular weight excluding hydrogens is 394 g/mol. The number of carbonyl (C=O) groups is 1. The van der Waals surface area contributed by atoms with Crippen molar-refractivity contribution in [1.82, 2.24) is 14.8 Å². The molecule has 0 spiro atoms. The number of morpholine rings is 1. The highest BCUT2D eigenvalue weighted by molar-refractivity contribution is 5.77. The Morgan fingerprint density at radius 3 is 2.42 bits per heavy atom. The van der Waals surface area contributed by atoms with Gasteiger partial charge in [0.1, 0.15) is 11.5 Å². The van der Waals surface area contributed by atoms with Gasteiger partial charge >= 0.3 is 0 Å². The first-order chi connectivity index (χ1) is 15.2. The van der Waals surface area contributed by atoms with Gasteiger partial charge in [-0.3, -0.25) is 14.7 Å². The predicted octanol–water partition coefficient (Wildman–Crippen LogP) is 3.00. The second kappa shape index (κ2) is 12.9. The first-order valence-corrected chi connectivity index (χ1v) is 11.1. The molecule has 1 aliphatic rings. The molecular formula is C24H33N3O4. The van der Waals surface area contributed by atoms with Crippen LogP contribution in [-0.2, 0) is 16.1 Å². The zero-order valence-electron chi connectivity index (χ0n) is 18.4. The summed E-state index contributed by atoms with van der Waals surface area (Å²) in [7, 11) is 0. The van der Waals surface area contributed by atoms with E-state index in [2.05, 4.69) is 16.8 Å². The van der Waals surface area contributed by atoms with Crippen molar-refractivity contribution in [3.05, 3.63) is 54.4 Å². The quantitative estimate of drug-likeness (QED) is 0.519. The summed E-state index contributed by atoms with van der Waals surface area (Å²) < 4.78 is 16.8. The van der Waals surface area contributed by atoms with E-state index in [1.165, 1.54) is 0 Å². The molecule has 0 saturated carbocycles. The zero-order chi connectivity index (χ0) is 21.7. The monoisotopic (exact) mass is 427 g/mol. The zero-order valence-corrected chi connectivity index (χ0v) is 18.4. The molecule has 7 nitrogen and oxygen atoms in total. The Balaban J connectivity index is 1.51. The van der Waals surface area contributed by atoms with Gasteiger partial charge in [0.25, 0.3) is 5.91 Å². The van der Waals surface area contributed by atoms with Gasteiger partial charge < -0.3 is 19.1 Å². The fraction of sp³-hybridized carbons (Fsp3) is 0.500. The Labute approximate surface area is 184 Å². The molecule has 0 bridgehead atoms. The molecule has 1 aromatic heterocycles. The van der Waals surface area contributed by atoms with E-state index in [0.717, 1.165) is 57.0 Å². The van der Waals surface area contributed by atoms with Crippen molar-refractivity contribution in [2.45, 2.75) is 26.3 Å². The SMILES string of the molecule is CCCOc1ccc(OCC(=O)N(CCCN2CCOCC2)Cc2ccncc2)cc1. The van der Waals surface area contributed by atoms with Crippen LogP contribution in [0, 0.1) is 0 Å². The molecule has 2 heterocycles. The van der Waals surface area contributed by atoms with Crippen LogP contribution in [0.3, 0.4) is 0 Å². The molecule has 31 heavy (non-hydrogen) atoms. The molecule has 1 amide bonds. The molecule has 2 aromatic rings. The molecule has 0 aliphatic carbocycles. The van der Waals surface area contributed by atoms with Gasteiger partial charge in [-0.1, -0.05) is 6.92 Å². The number of amides is 1. The maximum Gasteiger partial charge on any atom is 0.260 e. The fourth-order valence-electron chi connectivity index (χ4n) is 3.40. The van der Waals surface area contributed by atoms with Crippen molar-refractivity contribution in [3.63, 3.8) is 0 Å². The summed E-state index contributed by atoms with van der Waals surface area (Å²) in [6.07, 6.45) is 5.39. The van der Waals surface area contributed by atoms with E-state index in [1.54, 1.807) is 12.4 Å². The lowest BCUT2D eigenvalue weighted by atomic mass is 10.2. The third-order valence-corrected chi connectivity index (χ3v) is 5.14. The standard InChI is InChI=1S/C24H33N3O4/c1-2-16-30-22-4-6-23(7-5-22)31-20-24(28)27(19-21-8-10-25-11-9-21)13-3-12-26-14-17-29-18-15-26/h4-11H,2-3,12-20H2,1H3. The van der Waals surface area contributed by atoms with E-state index in [9.17, 15) is 4.79 Å². The van der Waals surface area contributed by atoms with E-state index >= 15 is 0 Å². The molecule has 0 radical (unpaired) electrons. The summed E-state index contributed by atoms with van der Waals surface area (Å²) in [6.45, 7) is 8.46. The molecule has 1 aromatic carbocycles. The minimum atomic E-state index is -0.0231. The highest BCUT2D eigenvalue weighted by atomic mass is 16.5. The Morgan fingerprint density at radius 2 is 1.74 bits per heavy atom. The summed E-state index contributed by atoms with van der Waals surface area (Å²) in [5.41, 5.74) is 1.06. The van der Waals surface area contributed by atoms with Gasteiger partial charge in [0.2, 0.25) is 0 Å². The molecule has 0 atom stereocenters. The lowest BCUT2D eigenvalue weighted by Crippen LogP contribution is -2.40. The van der Waals surface area contributed by atoms with Crippen LogP contribution in [0.5, 0.6) is 11.5 Å². The predicted molar refractivity (Wildman–Crippen MR) is 119 cm³/mol. The van der Waals surface area contributed by atoms with Gasteiger partial charge in [-0.25, -0.2) is 0 Å². The smallest absolute Gasteiger partial charge is 0.260 e. The average molecular weight is 428 g/mol. The van der Waals surface area contributed by atoms with Crippen LogP contribution < -0.4 is 9.47 Å². The van der Waals surface area contributed by atoms with Gasteiger partial charge in [0.15, 0.2) is 6.61 Å². The lowest BCUT2D eigenvalue weighted by molar-refractivity contribution is -0.134. The van der Waals surface area contributed by atoms with Gasteiger partial charge in [0, 0.05) is 45.1 Å². The minimum Gasteiger partial charge on any atom is -0.494 e. The van der Waals surface area contributed by atoms with E-state index in [1.807, 2.05) is 41.3 Å². The molecule has 3 rings (SSSR count). The molecule has 7 heteroatoms. The van der Waals surface area contributed by atoms with Crippen LogP contribution in [0.4, 0.5) is 0 Å². The summed E-state index contributed by atoms with van der Waals surface area (Å²) in [6, 6.07) is 11.3. The van der Waals surface area contributed by atoms with Crippen molar-refractivity contribution < 1.29 is 19.0 Å². The number of ether oxygens (including phenoxy) is 3. The third kappa shape index (κ3) is 8.19. The van der Waals surface area contributed by atoms with Crippen molar-refractivity contribution >= 4 is 5.91 Å². The maximum absolute atomic E-state index is 12.9. The Bertz CT molecular complexity index is 764. The number of benzene rings is 1. The Kier molecular flexibility index (Phi) is 9.60. The number of carbonyl (C=O) groups excluding carboxylic acids is 1. The first-order valence-electron chi connectivity index (χ1n) is 11.1. The number of pyridine rings is 1. The summed E-state index contributed by atoms with van der Waals surface area (Å²) >= 11 is 0. The highest BCUT2D eigenvalue weighted by Crippen LogP contribution is 2.18. The largest absolute Gasteiger partial charge is 0.494 e. The van der Waals surface area contributed by atoms with Gasteiger partial charge in [-0.15, -0.1) is 0 Å². The van der Waals surface area contributed by atoms with E-state index in [-0.39, 0.29) is 12.5 Å². The van der Waals surface area contributed by atoms with E-state index in [0.29, 0.717) is 25.4 Å². The summed E-state index contributed by atoms with van der Waals surface area (Å²) in [5.74, 6) is 1.45. The van der Waals surface area contributed by atoms with Crippen LogP contribution in [0.1, 0.15) is 25.3 Å². The van der Waals surface area contributed by atoms with Crippen molar-refractivity contribution in [1.29, 1.82) is 0 Å². The van der Waals surface area contributed by atoms with Gasteiger partial charge in [-0.05, 0) is 54.8 Å². The van der Waals surface area contributed by atoms with E-state index in [4.69, 9.17) is 14.2 Å². The topological polar surface area (TPSA) is 64.1 Å². The minimum absolute atomic E-state index is 0.0117. The lowest BCUT2D eigenvalue weighted by Gasteiger charge is -2.28. The average Bonchev–Trinajstić information content (AvgIpc) is 2.82.